The molecule has 0 saturated heterocycles. The molecule has 0 aliphatic carbocycles. The van der Waals surface area contributed by atoms with Crippen LogP contribution in [0.2, 0.25) is 0 Å². The van der Waals surface area contributed by atoms with E-state index in [1.54, 1.807) is 6.92 Å². The smallest absolute Gasteiger partial charge is 0.342 e. The van der Waals surface area contributed by atoms with E-state index in [0.29, 0.717) is 12.2 Å². The van der Waals surface area contributed by atoms with Gasteiger partial charge in [0.05, 0.1) is 6.61 Å². The molecule has 0 radical (unpaired) electrons. The Kier molecular flexibility index (Phi) is 2.95. The first-order valence-corrected chi connectivity index (χ1v) is 5.43. The van der Waals surface area contributed by atoms with E-state index < -0.39 is 0 Å². The van der Waals surface area contributed by atoms with Gasteiger partial charge in [-0.15, -0.1) is 0 Å². The Morgan fingerprint density at radius 1 is 1.38 bits per heavy atom. The number of rotatable bonds is 3. The zero-order chi connectivity index (χ0) is 11.5. The molecule has 0 atom stereocenters. The third-order valence-corrected chi connectivity index (χ3v) is 2.54. The summed E-state index contributed by atoms with van der Waals surface area (Å²) >= 11 is 0. The van der Waals surface area contributed by atoms with Crippen LogP contribution in [0.4, 0.5) is 0 Å². The number of benzene rings is 1. The molecular weight excluding hydrogens is 204 g/mol. The van der Waals surface area contributed by atoms with Crippen molar-refractivity contribution in [2.45, 2.75) is 20.3 Å². The highest BCUT2D eigenvalue weighted by molar-refractivity contribution is 6.03. The maximum Gasteiger partial charge on any atom is 0.342 e. The number of furan rings is 1. The molecule has 3 nitrogen and oxygen atoms in total. The molecule has 1 aromatic heterocycles. The molecule has 2 rings (SSSR count). The maximum atomic E-state index is 11.6. The molecule has 16 heavy (non-hydrogen) atoms. The fourth-order valence-corrected chi connectivity index (χ4v) is 1.66. The monoisotopic (exact) mass is 218 g/mol. The predicted octanol–water partition coefficient (Wildman–Crippen LogP) is 3.17. The summed E-state index contributed by atoms with van der Waals surface area (Å²) in [5.74, 6) is -0.325. The molecule has 0 aliphatic rings. The number of aryl methyl sites for hydroxylation is 1. The van der Waals surface area contributed by atoms with Crippen LogP contribution < -0.4 is 0 Å². The fourth-order valence-electron chi connectivity index (χ4n) is 1.66. The molecule has 0 amide bonds. The van der Waals surface area contributed by atoms with Crippen molar-refractivity contribution in [3.05, 3.63) is 35.6 Å². The lowest BCUT2D eigenvalue weighted by Crippen LogP contribution is -2.03. The zero-order valence-corrected chi connectivity index (χ0v) is 9.45. The minimum absolute atomic E-state index is 0.325. The topological polar surface area (TPSA) is 39.4 Å². The SMILES string of the molecule is CCOC(=O)c1coc2ccc(CC)cc12. The summed E-state index contributed by atoms with van der Waals surface area (Å²) in [5, 5.41) is 0.831. The van der Waals surface area contributed by atoms with Crippen LogP contribution in [0.25, 0.3) is 11.0 Å². The second-order valence-corrected chi connectivity index (χ2v) is 3.55. The quantitative estimate of drug-likeness (QED) is 0.743. The van der Waals surface area contributed by atoms with Gasteiger partial charge >= 0.3 is 5.97 Å². The number of esters is 1. The Bertz CT molecular complexity index is 511. The van der Waals surface area contributed by atoms with Crippen molar-refractivity contribution in [3.63, 3.8) is 0 Å². The van der Waals surface area contributed by atoms with Crippen LogP contribution in [0.5, 0.6) is 0 Å². The van der Waals surface area contributed by atoms with Gasteiger partial charge in [0.2, 0.25) is 0 Å². The van der Waals surface area contributed by atoms with Gasteiger partial charge in [0.15, 0.2) is 0 Å². The number of fused-ring (bicyclic) bond motifs is 1. The molecule has 0 N–H and O–H groups in total. The average Bonchev–Trinajstić information content (AvgIpc) is 2.71. The van der Waals surface area contributed by atoms with Crippen molar-refractivity contribution < 1.29 is 13.9 Å². The van der Waals surface area contributed by atoms with E-state index >= 15 is 0 Å². The highest BCUT2D eigenvalue weighted by Gasteiger charge is 2.14. The Morgan fingerprint density at radius 2 is 2.19 bits per heavy atom. The summed E-state index contributed by atoms with van der Waals surface area (Å²) < 4.78 is 10.3. The molecular formula is C13H14O3. The van der Waals surface area contributed by atoms with Crippen molar-refractivity contribution in [1.29, 1.82) is 0 Å². The van der Waals surface area contributed by atoms with Gasteiger partial charge in [-0.3, -0.25) is 0 Å². The summed E-state index contributed by atoms with van der Waals surface area (Å²) in [6.45, 7) is 4.24. The molecule has 84 valence electrons. The summed E-state index contributed by atoms with van der Waals surface area (Å²) in [5.41, 5.74) is 2.41. The molecule has 2 aromatic rings. The van der Waals surface area contributed by atoms with Crippen LogP contribution in [-0.4, -0.2) is 12.6 Å². The minimum atomic E-state index is -0.325. The van der Waals surface area contributed by atoms with E-state index in [0.717, 1.165) is 17.4 Å². The van der Waals surface area contributed by atoms with Crippen LogP contribution >= 0.6 is 0 Å². The summed E-state index contributed by atoms with van der Waals surface area (Å²) in [4.78, 5) is 11.6. The second kappa shape index (κ2) is 4.39. The van der Waals surface area contributed by atoms with Crippen LogP contribution in [0.3, 0.4) is 0 Å². The molecule has 0 aliphatic heterocycles. The molecule has 0 spiro atoms. The van der Waals surface area contributed by atoms with Gasteiger partial charge in [0.1, 0.15) is 17.4 Å². The maximum absolute atomic E-state index is 11.6. The molecule has 3 heteroatoms. The van der Waals surface area contributed by atoms with Crippen molar-refractivity contribution >= 4 is 16.9 Å². The molecule has 1 heterocycles. The molecule has 0 bridgehead atoms. The van der Waals surface area contributed by atoms with Gasteiger partial charge in [0.25, 0.3) is 0 Å². The number of carbonyl (C=O) groups is 1. The fraction of sp³-hybridized carbons (Fsp3) is 0.308. The van der Waals surface area contributed by atoms with E-state index in [1.807, 2.05) is 18.2 Å². The Morgan fingerprint density at radius 3 is 2.88 bits per heavy atom. The van der Waals surface area contributed by atoms with Gasteiger partial charge < -0.3 is 9.15 Å². The van der Waals surface area contributed by atoms with Crippen LogP contribution in [-0.2, 0) is 11.2 Å². The van der Waals surface area contributed by atoms with Crippen molar-refractivity contribution in [1.82, 2.24) is 0 Å². The largest absolute Gasteiger partial charge is 0.463 e. The number of hydrogen-bond acceptors (Lipinski definition) is 3. The van der Waals surface area contributed by atoms with Crippen molar-refractivity contribution in [3.8, 4) is 0 Å². The van der Waals surface area contributed by atoms with E-state index in [2.05, 4.69) is 6.92 Å². The van der Waals surface area contributed by atoms with E-state index in [4.69, 9.17) is 9.15 Å². The predicted molar refractivity (Wildman–Crippen MR) is 61.5 cm³/mol. The lowest BCUT2D eigenvalue weighted by Gasteiger charge is -2.00. The molecule has 0 saturated carbocycles. The number of hydrogen-bond donors (Lipinski definition) is 0. The first-order chi connectivity index (χ1) is 7.76. The van der Waals surface area contributed by atoms with Crippen LogP contribution in [0.15, 0.2) is 28.9 Å². The van der Waals surface area contributed by atoms with Crippen LogP contribution in [0.1, 0.15) is 29.8 Å². The van der Waals surface area contributed by atoms with Gasteiger partial charge in [-0.05, 0) is 31.0 Å². The van der Waals surface area contributed by atoms with Gasteiger partial charge in [-0.2, -0.15) is 0 Å². The van der Waals surface area contributed by atoms with E-state index in [1.165, 1.54) is 11.8 Å². The summed E-state index contributed by atoms with van der Waals surface area (Å²) in [6, 6.07) is 5.86. The normalized spacial score (nSPS) is 10.6. The molecule has 1 aromatic carbocycles. The van der Waals surface area contributed by atoms with Gasteiger partial charge in [-0.1, -0.05) is 13.0 Å². The summed E-state index contributed by atoms with van der Waals surface area (Å²) in [6.07, 6.45) is 2.39. The number of ether oxygens (including phenoxy) is 1. The lowest BCUT2D eigenvalue weighted by molar-refractivity contribution is 0.0527. The third kappa shape index (κ3) is 1.81. The van der Waals surface area contributed by atoms with Crippen LogP contribution in [0, 0.1) is 0 Å². The minimum Gasteiger partial charge on any atom is -0.463 e. The number of carbonyl (C=O) groups excluding carboxylic acids is 1. The van der Waals surface area contributed by atoms with E-state index in [-0.39, 0.29) is 5.97 Å². The Balaban J connectivity index is 2.49. The zero-order valence-electron chi connectivity index (χ0n) is 9.45. The second-order valence-electron chi connectivity index (χ2n) is 3.55. The highest BCUT2D eigenvalue weighted by Crippen LogP contribution is 2.23. The molecule has 0 unspecified atom stereocenters. The standard InChI is InChI=1S/C13H14O3/c1-3-9-5-6-12-10(7-9)11(8-16-12)13(14)15-4-2/h5-8H,3-4H2,1-2H3. The van der Waals surface area contributed by atoms with Gasteiger partial charge in [0, 0.05) is 5.39 Å². The average molecular weight is 218 g/mol. The van der Waals surface area contributed by atoms with Gasteiger partial charge in [-0.25, -0.2) is 4.79 Å². The van der Waals surface area contributed by atoms with E-state index in [9.17, 15) is 4.79 Å². The highest BCUT2D eigenvalue weighted by atomic mass is 16.5. The van der Waals surface area contributed by atoms with Crippen molar-refractivity contribution in [2.24, 2.45) is 0 Å². The Hall–Kier alpha value is -1.77. The lowest BCUT2D eigenvalue weighted by atomic mass is 10.1. The first-order valence-electron chi connectivity index (χ1n) is 5.43. The first kappa shape index (κ1) is 10.7. The van der Waals surface area contributed by atoms with Crippen molar-refractivity contribution in [2.75, 3.05) is 6.61 Å². The molecule has 0 fully saturated rings. The summed E-state index contributed by atoms with van der Waals surface area (Å²) in [7, 11) is 0. The Labute approximate surface area is 94.0 Å². The third-order valence-electron chi connectivity index (χ3n) is 2.54.